The van der Waals surface area contributed by atoms with Crippen molar-refractivity contribution in [3.8, 4) is 11.4 Å². The summed E-state index contributed by atoms with van der Waals surface area (Å²) in [6.07, 6.45) is 3.75. The number of aromatic nitrogens is 3. The monoisotopic (exact) mass is 595 g/mol. The molecule has 1 amide bonds. The molecule has 1 aliphatic rings. The summed E-state index contributed by atoms with van der Waals surface area (Å²) >= 11 is 13.6. The molecule has 3 aromatic carbocycles. The predicted octanol–water partition coefficient (Wildman–Crippen LogP) is 7.49. The lowest BCUT2D eigenvalue weighted by Gasteiger charge is -2.28. The van der Waals surface area contributed by atoms with Crippen LogP contribution < -0.4 is 15.0 Å². The minimum Gasteiger partial charge on any atom is -0.484 e. The second-order valence-electron chi connectivity index (χ2n) is 9.82. The lowest BCUT2D eigenvalue weighted by atomic mass is 10.1. The zero-order chi connectivity index (χ0) is 28.1. The summed E-state index contributed by atoms with van der Waals surface area (Å²) in [6, 6.07) is 19.3. The Labute approximate surface area is 248 Å². The van der Waals surface area contributed by atoms with Gasteiger partial charge < -0.3 is 15.0 Å². The van der Waals surface area contributed by atoms with Gasteiger partial charge in [0.25, 0.3) is 0 Å². The zero-order valence-electron chi connectivity index (χ0n) is 22.5. The van der Waals surface area contributed by atoms with Crippen molar-refractivity contribution in [2.45, 2.75) is 44.9 Å². The van der Waals surface area contributed by atoms with Crippen molar-refractivity contribution >= 4 is 52.2 Å². The van der Waals surface area contributed by atoms with Crippen molar-refractivity contribution in [2.24, 2.45) is 0 Å². The van der Waals surface area contributed by atoms with Crippen LogP contribution in [0.4, 0.5) is 11.4 Å². The molecule has 10 heteroatoms. The highest BCUT2D eigenvalue weighted by Gasteiger charge is 2.19. The van der Waals surface area contributed by atoms with Gasteiger partial charge in [-0.15, -0.1) is 10.2 Å². The third kappa shape index (κ3) is 6.92. The van der Waals surface area contributed by atoms with Crippen LogP contribution in [0, 0.1) is 13.8 Å². The molecule has 0 unspecified atom stereocenters. The quantitative estimate of drug-likeness (QED) is 0.202. The largest absolute Gasteiger partial charge is 0.484 e. The molecule has 4 aromatic rings. The van der Waals surface area contributed by atoms with Gasteiger partial charge in [0.05, 0.1) is 16.5 Å². The first kappa shape index (κ1) is 28.3. The van der Waals surface area contributed by atoms with Gasteiger partial charge in [0.1, 0.15) is 12.4 Å². The van der Waals surface area contributed by atoms with Crippen molar-refractivity contribution < 1.29 is 9.53 Å². The number of carbonyl (C=O) groups is 1. The standard InChI is InChI=1S/C30H31Cl2N5O2S/c1-20-6-7-21(2)26(16-20)37-28(18-39-27-13-8-22(31)17-25(27)32)34-35-30(37)40-19-29(38)33-23-9-11-24(12-10-23)36-14-4-3-5-15-36/h6-13,16-17H,3-5,14-15,18-19H2,1-2H3,(H,33,38). The molecule has 0 radical (unpaired) electrons. The first-order valence-electron chi connectivity index (χ1n) is 13.2. The smallest absolute Gasteiger partial charge is 0.234 e. The summed E-state index contributed by atoms with van der Waals surface area (Å²) in [5.74, 6) is 1.16. The molecular weight excluding hydrogens is 565 g/mol. The fourth-order valence-electron chi connectivity index (χ4n) is 4.66. The summed E-state index contributed by atoms with van der Waals surface area (Å²) in [4.78, 5) is 15.3. The van der Waals surface area contributed by atoms with Gasteiger partial charge in [0.2, 0.25) is 5.91 Å². The number of nitrogens with zero attached hydrogens (tertiary/aromatic N) is 4. The topological polar surface area (TPSA) is 72.3 Å². The van der Waals surface area contributed by atoms with E-state index < -0.39 is 0 Å². The summed E-state index contributed by atoms with van der Waals surface area (Å²) in [5.41, 5.74) is 5.06. The maximum Gasteiger partial charge on any atom is 0.234 e. The fourth-order valence-corrected chi connectivity index (χ4v) is 5.89. The number of hydrogen-bond acceptors (Lipinski definition) is 6. The molecule has 7 nitrogen and oxygen atoms in total. The highest BCUT2D eigenvalue weighted by Crippen LogP contribution is 2.30. The molecule has 2 heterocycles. The number of carbonyl (C=O) groups excluding carboxylic acids is 1. The lowest BCUT2D eigenvalue weighted by molar-refractivity contribution is -0.113. The van der Waals surface area contributed by atoms with E-state index in [-0.39, 0.29) is 18.3 Å². The molecule has 40 heavy (non-hydrogen) atoms. The Morgan fingerprint density at radius 2 is 1.75 bits per heavy atom. The molecule has 1 aliphatic heterocycles. The Balaban J connectivity index is 1.29. The second-order valence-corrected chi connectivity index (χ2v) is 11.6. The third-order valence-corrected chi connectivity index (χ3v) is 8.22. The first-order chi connectivity index (χ1) is 19.4. The number of rotatable bonds is 9. The van der Waals surface area contributed by atoms with E-state index in [4.69, 9.17) is 27.9 Å². The molecule has 1 N–H and O–H groups in total. The van der Waals surface area contributed by atoms with Crippen molar-refractivity contribution in [3.05, 3.63) is 87.7 Å². The van der Waals surface area contributed by atoms with Gasteiger partial charge in [0, 0.05) is 29.5 Å². The van der Waals surface area contributed by atoms with E-state index >= 15 is 0 Å². The van der Waals surface area contributed by atoms with E-state index in [1.54, 1.807) is 18.2 Å². The zero-order valence-corrected chi connectivity index (χ0v) is 24.8. The molecule has 1 aromatic heterocycles. The Morgan fingerprint density at radius 3 is 2.50 bits per heavy atom. The number of piperidine rings is 1. The predicted molar refractivity (Wildman–Crippen MR) is 163 cm³/mol. The molecule has 0 saturated carbocycles. The highest BCUT2D eigenvalue weighted by atomic mass is 35.5. The highest BCUT2D eigenvalue weighted by molar-refractivity contribution is 7.99. The van der Waals surface area contributed by atoms with Crippen LogP contribution >= 0.6 is 35.0 Å². The van der Waals surface area contributed by atoms with Crippen LogP contribution in [0.5, 0.6) is 5.75 Å². The Bertz CT molecular complexity index is 1490. The van der Waals surface area contributed by atoms with Crippen LogP contribution in [0.15, 0.2) is 65.8 Å². The minimum absolute atomic E-state index is 0.114. The summed E-state index contributed by atoms with van der Waals surface area (Å²) in [6.45, 7) is 6.38. The Kier molecular flexibility index (Phi) is 9.19. The second kappa shape index (κ2) is 13.0. The number of nitrogens with one attached hydrogen (secondary N) is 1. The Morgan fingerprint density at radius 1 is 0.975 bits per heavy atom. The SMILES string of the molecule is Cc1ccc(C)c(-n2c(COc3ccc(Cl)cc3Cl)nnc2SCC(=O)Nc2ccc(N3CCCCC3)cc2)c1. The number of thioether (sulfide) groups is 1. The van der Waals surface area contributed by atoms with E-state index in [1.165, 1.54) is 36.7 Å². The number of hydrogen-bond donors (Lipinski definition) is 1. The number of amides is 1. The van der Waals surface area contributed by atoms with Gasteiger partial charge in [-0.1, -0.05) is 47.1 Å². The van der Waals surface area contributed by atoms with Crippen LogP contribution in [0.1, 0.15) is 36.2 Å². The summed E-state index contributed by atoms with van der Waals surface area (Å²) in [7, 11) is 0. The van der Waals surface area contributed by atoms with E-state index in [1.807, 2.05) is 30.5 Å². The third-order valence-electron chi connectivity index (χ3n) is 6.76. The van der Waals surface area contributed by atoms with Crippen molar-refractivity contribution in [3.63, 3.8) is 0 Å². The van der Waals surface area contributed by atoms with Crippen molar-refractivity contribution in [2.75, 3.05) is 29.1 Å². The summed E-state index contributed by atoms with van der Waals surface area (Å²) < 4.78 is 7.92. The molecular formula is C30H31Cl2N5O2S. The normalized spacial score (nSPS) is 13.3. The minimum atomic E-state index is -0.114. The molecule has 208 valence electrons. The van der Waals surface area contributed by atoms with Gasteiger partial charge >= 0.3 is 0 Å². The van der Waals surface area contributed by atoms with Crippen LogP contribution in [0.2, 0.25) is 10.0 Å². The number of ether oxygens (including phenoxy) is 1. The van der Waals surface area contributed by atoms with Gasteiger partial charge in [-0.25, -0.2) is 0 Å². The van der Waals surface area contributed by atoms with Crippen LogP contribution in [-0.2, 0) is 11.4 Å². The van der Waals surface area contributed by atoms with Crippen LogP contribution in [-0.4, -0.2) is 39.5 Å². The fraction of sp³-hybridized carbons (Fsp3) is 0.300. The van der Waals surface area contributed by atoms with Crippen LogP contribution in [0.3, 0.4) is 0 Å². The van der Waals surface area contributed by atoms with Gasteiger partial charge in [0.15, 0.2) is 11.0 Å². The van der Waals surface area contributed by atoms with E-state index in [2.05, 4.69) is 50.7 Å². The molecule has 0 bridgehead atoms. The first-order valence-corrected chi connectivity index (χ1v) is 15.0. The Hall–Kier alpha value is -3.20. The van der Waals surface area contributed by atoms with E-state index in [0.29, 0.717) is 26.8 Å². The maximum atomic E-state index is 12.9. The number of halogens is 2. The van der Waals surface area contributed by atoms with Gasteiger partial charge in [-0.05, 0) is 92.8 Å². The van der Waals surface area contributed by atoms with Gasteiger partial charge in [-0.3, -0.25) is 9.36 Å². The molecule has 0 spiro atoms. The summed E-state index contributed by atoms with van der Waals surface area (Å²) in [5, 5.41) is 13.4. The molecule has 1 fully saturated rings. The van der Waals surface area contributed by atoms with Gasteiger partial charge in [-0.2, -0.15) is 0 Å². The molecule has 0 aliphatic carbocycles. The van der Waals surface area contributed by atoms with Crippen LogP contribution in [0.25, 0.3) is 5.69 Å². The molecule has 0 atom stereocenters. The number of aryl methyl sites for hydroxylation is 2. The van der Waals surface area contributed by atoms with Crippen molar-refractivity contribution in [1.82, 2.24) is 14.8 Å². The van der Waals surface area contributed by atoms with E-state index in [0.717, 1.165) is 35.6 Å². The molecule has 1 saturated heterocycles. The van der Waals surface area contributed by atoms with Crippen molar-refractivity contribution in [1.29, 1.82) is 0 Å². The average Bonchev–Trinajstić information content (AvgIpc) is 3.36. The molecule has 5 rings (SSSR count). The number of benzene rings is 3. The van der Waals surface area contributed by atoms with E-state index in [9.17, 15) is 4.79 Å². The average molecular weight is 597 g/mol. The lowest BCUT2D eigenvalue weighted by Crippen LogP contribution is -2.29. The maximum absolute atomic E-state index is 12.9. The number of anilines is 2.